The predicted molar refractivity (Wildman–Crippen MR) is 93.0 cm³/mol. The quantitative estimate of drug-likeness (QED) is 0.890. The van der Waals surface area contributed by atoms with Crippen LogP contribution >= 0.6 is 36.2 Å². The molecule has 1 aliphatic carbocycles. The zero-order valence-corrected chi connectivity index (χ0v) is 14.4. The summed E-state index contributed by atoms with van der Waals surface area (Å²) in [6.45, 7) is 3.44. The van der Waals surface area contributed by atoms with Gasteiger partial charge in [-0.2, -0.15) is 0 Å². The number of piperazine rings is 1. The van der Waals surface area contributed by atoms with Crippen molar-refractivity contribution in [1.82, 2.24) is 4.90 Å². The maximum absolute atomic E-state index is 12.5. The molecule has 1 aromatic heterocycles. The Morgan fingerprint density at radius 1 is 1.14 bits per heavy atom. The van der Waals surface area contributed by atoms with E-state index in [2.05, 4.69) is 22.4 Å². The molecular formula is C14H23Cl2N3OS. The molecule has 0 unspecified atom stereocenters. The predicted octanol–water partition coefficient (Wildman–Crippen LogP) is 2.51. The lowest BCUT2D eigenvalue weighted by molar-refractivity contribution is -0.137. The molecule has 1 amide bonds. The fourth-order valence-electron chi connectivity index (χ4n) is 3.11. The van der Waals surface area contributed by atoms with Gasteiger partial charge in [0.15, 0.2) is 0 Å². The van der Waals surface area contributed by atoms with Crippen LogP contribution in [0.3, 0.4) is 0 Å². The molecule has 1 aromatic rings. The Morgan fingerprint density at radius 2 is 1.76 bits per heavy atom. The standard InChI is InChI=1S/C14H21N3OS.2ClH/c15-14(5-1-2-6-14)13(18)17-9-7-16(8-10-17)12-4-3-11-19-12;;/h3-4,11H,1-2,5-10,15H2;2*1H. The van der Waals surface area contributed by atoms with Crippen molar-refractivity contribution in [2.45, 2.75) is 31.2 Å². The number of amides is 1. The van der Waals surface area contributed by atoms with Crippen LogP contribution in [0.25, 0.3) is 0 Å². The summed E-state index contributed by atoms with van der Waals surface area (Å²) in [6.07, 6.45) is 3.91. The molecule has 1 saturated carbocycles. The van der Waals surface area contributed by atoms with Crippen LogP contribution in [0.5, 0.6) is 0 Å². The zero-order valence-electron chi connectivity index (χ0n) is 12.0. The molecule has 1 aliphatic heterocycles. The molecule has 0 radical (unpaired) electrons. The summed E-state index contributed by atoms with van der Waals surface area (Å²) in [7, 11) is 0. The molecule has 0 bridgehead atoms. The minimum absolute atomic E-state index is 0. The van der Waals surface area contributed by atoms with E-state index < -0.39 is 5.54 Å². The summed E-state index contributed by atoms with van der Waals surface area (Å²) in [5.41, 5.74) is 5.70. The Labute approximate surface area is 142 Å². The van der Waals surface area contributed by atoms with Gasteiger partial charge in [-0.15, -0.1) is 36.2 Å². The number of hydrogen-bond acceptors (Lipinski definition) is 4. The second-order valence-corrected chi connectivity index (χ2v) is 6.52. The third-order valence-electron chi connectivity index (χ3n) is 4.31. The van der Waals surface area contributed by atoms with Gasteiger partial charge in [-0.05, 0) is 30.4 Å². The molecule has 2 fully saturated rings. The minimum atomic E-state index is -0.564. The molecule has 0 atom stereocenters. The van der Waals surface area contributed by atoms with Crippen LogP contribution in [-0.4, -0.2) is 42.5 Å². The highest BCUT2D eigenvalue weighted by Crippen LogP contribution is 2.30. The van der Waals surface area contributed by atoms with Crippen molar-refractivity contribution in [1.29, 1.82) is 0 Å². The van der Waals surface area contributed by atoms with E-state index in [1.807, 2.05) is 4.90 Å². The van der Waals surface area contributed by atoms with Crippen LogP contribution in [0.1, 0.15) is 25.7 Å². The Morgan fingerprint density at radius 3 is 2.29 bits per heavy atom. The van der Waals surface area contributed by atoms with Crippen LogP contribution in [-0.2, 0) is 4.79 Å². The number of anilines is 1. The topological polar surface area (TPSA) is 49.6 Å². The summed E-state index contributed by atoms with van der Waals surface area (Å²) >= 11 is 1.76. The van der Waals surface area contributed by atoms with Gasteiger partial charge >= 0.3 is 0 Å². The molecule has 1 saturated heterocycles. The third kappa shape index (κ3) is 3.83. The molecule has 0 aromatic carbocycles. The summed E-state index contributed by atoms with van der Waals surface area (Å²) in [5.74, 6) is 0.177. The van der Waals surface area contributed by atoms with Gasteiger partial charge in [0.1, 0.15) is 0 Å². The molecule has 2 N–H and O–H groups in total. The number of nitrogens with two attached hydrogens (primary N) is 1. The van der Waals surface area contributed by atoms with Gasteiger partial charge in [-0.3, -0.25) is 4.79 Å². The van der Waals surface area contributed by atoms with Crippen LogP contribution in [0, 0.1) is 0 Å². The molecule has 2 heterocycles. The van der Waals surface area contributed by atoms with E-state index in [4.69, 9.17) is 5.73 Å². The van der Waals surface area contributed by atoms with Gasteiger partial charge in [-0.1, -0.05) is 12.8 Å². The third-order valence-corrected chi connectivity index (χ3v) is 5.24. The van der Waals surface area contributed by atoms with Crippen molar-refractivity contribution in [2.75, 3.05) is 31.1 Å². The fraction of sp³-hybridized carbons (Fsp3) is 0.643. The number of nitrogens with zero attached hydrogens (tertiary/aromatic N) is 2. The Kier molecular flexibility index (Phi) is 6.78. The van der Waals surface area contributed by atoms with E-state index in [0.717, 1.165) is 51.9 Å². The van der Waals surface area contributed by atoms with Crippen LogP contribution < -0.4 is 10.6 Å². The average Bonchev–Trinajstić information content (AvgIpc) is 3.10. The van der Waals surface area contributed by atoms with E-state index in [-0.39, 0.29) is 30.7 Å². The van der Waals surface area contributed by atoms with Crippen LogP contribution in [0.15, 0.2) is 17.5 Å². The summed E-state index contributed by atoms with van der Waals surface area (Å²) in [5, 5.41) is 3.40. The van der Waals surface area contributed by atoms with Gasteiger partial charge in [0.25, 0.3) is 0 Å². The smallest absolute Gasteiger partial charge is 0.242 e. The van der Waals surface area contributed by atoms with E-state index in [9.17, 15) is 4.79 Å². The zero-order chi connectivity index (χ0) is 13.3. The lowest BCUT2D eigenvalue weighted by Crippen LogP contribution is -2.58. The molecule has 120 valence electrons. The van der Waals surface area contributed by atoms with Crippen LogP contribution in [0.2, 0.25) is 0 Å². The first kappa shape index (κ1) is 18.6. The molecule has 4 nitrogen and oxygen atoms in total. The molecule has 3 rings (SSSR count). The highest BCUT2D eigenvalue weighted by atomic mass is 35.5. The normalized spacial score (nSPS) is 20.6. The monoisotopic (exact) mass is 351 g/mol. The number of carbonyl (C=O) groups is 1. The number of thiophene rings is 1. The average molecular weight is 352 g/mol. The number of hydrogen-bond donors (Lipinski definition) is 1. The SMILES string of the molecule is Cl.Cl.NC1(C(=O)N2CCN(c3cccs3)CC2)CCCC1. The van der Waals surface area contributed by atoms with Crippen molar-refractivity contribution in [3.63, 3.8) is 0 Å². The summed E-state index contributed by atoms with van der Waals surface area (Å²) in [6, 6.07) is 4.22. The van der Waals surface area contributed by atoms with Crippen molar-refractivity contribution in [3.05, 3.63) is 17.5 Å². The number of carbonyl (C=O) groups excluding carboxylic acids is 1. The highest BCUT2D eigenvalue weighted by Gasteiger charge is 2.40. The highest BCUT2D eigenvalue weighted by molar-refractivity contribution is 7.14. The van der Waals surface area contributed by atoms with Crippen molar-refractivity contribution in [2.24, 2.45) is 5.73 Å². The maximum atomic E-state index is 12.5. The number of rotatable bonds is 2. The first-order valence-corrected chi connectivity index (χ1v) is 7.94. The van der Waals surface area contributed by atoms with Crippen molar-refractivity contribution in [3.8, 4) is 0 Å². The van der Waals surface area contributed by atoms with Gasteiger partial charge in [0.2, 0.25) is 5.91 Å². The Balaban J connectivity index is 0.00000110. The van der Waals surface area contributed by atoms with Gasteiger partial charge in [0.05, 0.1) is 10.5 Å². The van der Waals surface area contributed by atoms with E-state index in [1.165, 1.54) is 5.00 Å². The summed E-state index contributed by atoms with van der Waals surface area (Å²) < 4.78 is 0. The number of halogens is 2. The molecule has 7 heteroatoms. The maximum Gasteiger partial charge on any atom is 0.242 e. The van der Waals surface area contributed by atoms with Crippen LogP contribution in [0.4, 0.5) is 5.00 Å². The molecule has 0 spiro atoms. The molecular weight excluding hydrogens is 329 g/mol. The first-order chi connectivity index (χ1) is 9.19. The second kappa shape index (κ2) is 7.68. The molecule has 21 heavy (non-hydrogen) atoms. The van der Waals surface area contributed by atoms with Crippen molar-refractivity contribution < 1.29 is 4.79 Å². The molecule has 2 aliphatic rings. The Hall–Kier alpha value is -0.490. The van der Waals surface area contributed by atoms with E-state index >= 15 is 0 Å². The van der Waals surface area contributed by atoms with Crippen molar-refractivity contribution >= 4 is 47.1 Å². The Bertz CT molecular complexity index is 441. The van der Waals surface area contributed by atoms with E-state index in [0.29, 0.717) is 0 Å². The minimum Gasteiger partial charge on any atom is -0.360 e. The largest absolute Gasteiger partial charge is 0.360 e. The van der Waals surface area contributed by atoms with Gasteiger partial charge in [0, 0.05) is 26.2 Å². The summed E-state index contributed by atoms with van der Waals surface area (Å²) in [4.78, 5) is 16.8. The van der Waals surface area contributed by atoms with E-state index in [1.54, 1.807) is 11.3 Å². The lowest BCUT2D eigenvalue weighted by atomic mass is 9.97. The van der Waals surface area contributed by atoms with Gasteiger partial charge in [-0.25, -0.2) is 0 Å². The van der Waals surface area contributed by atoms with Gasteiger partial charge < -0.3 is 15.5 Å². The second-order valence-electron chi connectivity index (χ2n) is 5.59. The first-order valence-electron chi connectivity index (χ1n) is 7.06. The fourth-order valence-corrected chi connectivity index (χ4v) is 3.90. The lowest BCUT2D eigenvalue weighted by Gasteiger charge is -2.38.